The highest BCUT2D eigenvalue weighted by molar-refractivity contribution is 5.78. The Morgan fingerprint density at radius 1 is 1.13 bits per heavy atom. The molecule has 1 aromatic rings. The minimum Gasteiger partial charge on any atom is -0.497 e. The smallest absolute Gasteiger partial charge is 0.307 e. The second kappa shape index (κ2) is 10.5. The Morgan fingerprint density at radius 2 is 1.87 bits per heavy atom. The second-order valence-corrected chi connectivity index (χ2v) is 4.90. The fourth-order valence-electron chi connectivity index (χ4n) is 2.02. The highest BCUT2D eigenvalue weighted by Crippen LogP contribution is 2.18. The summed E-state index contributed by atoms with van der Waals surface area (Å²) in [6.45, 7) is 4.94. The minimum absolute atomic E-state index is 0.0734. The van der Waals surface area contributed by atoms with Crippen LogP contribution in [-0.2, 0) is 14.3 Å². The Hall–Kier alpha value is -2.24. The summed E-state index contributed by atoms with van der Waals surface area (Å²) >= 11 is 0. The van der Waals surface area contributed by atoms with Gasteiger partial charge >= 0.3 is 5.97 Å². The maximum absolute atomic E-state index is 12.2. The summed E-state index contributed by atoms with van der Waals surface area (Å²) in [7, 11) is 1.57. The molecule has 1 amide bonds. The molecule has 0 aliphatic rings. The van der Waals surface area contributed by atoms with Crippen molar-refractivity contribution >= 4 is 11.9 Å². The van der Waals surface area contributed by atoms with Crippen LogP contribution < -0.4 is 9.47 Å². The summed E-state index contributed by atoms with van der Waals surface area (Å²) < 4.78 is 15.5. The van der Waals surface area contributed by atoms with E-state index in [0.717, 1.165) is 6.42 Å². The summed E-state index contributed by atoms with van der Waals surface area (Å²) in [5.74, 6) is 0.788. The van der Waals surface area contributed by atoms with Gasteiger partial charge in [-0.1, -0.05) is 13.0 Å². The fraction of sp³-hybridized carbons (Fsp3) is 0.529. The zero-order valence-corrected chi connectivity index (χ0v) is 14.0. The first-order valence-corrected chi connectivity index (χ1v) is 7.80. The predicted molar refractivity (Wildman–Crippen MR) is 86.6 cm³/mol. The molecular weight excluding hydrogens is 298 g/mol. The number of ether oxygens (including phenoxy) is 3. The van der Waals surface area contributed by atoms with Crippen molar-refractivity contribution in [3.8, 4) is 11.5 Å². The molecule has 0 aliphatic carbocycles. The van der Waals surface area contributed by atoms with Crippen molar-refractivity contribution in [2.75, 3.05) is 33.4 Å². The third-order valence-electron chi connectivity index (χ3n) is 3.14. The molecule has 0 radical (unpaired) electrons. The Bertz CT molecular complexity index is 504. The number of nitrogens with zero attached hydrogens (tertiary/aromatic N) is 1. The molecule has 1 rings (SSSR count). The molecular formula is C17H25NO5. The average molecular weight is 323 g/mol. The van der Waals surface area contributed by atoms with Crippen molar-refractivity contribution in [2.45, 2.75) is 26.7 Å². The lowest BCUT2D eigenvalue weighted by molar-refractivity contribution is -0.144. The molecule has 0 bridgehead atoms. The molecule has 1 aromatic carbocycles. The number of amides is 1. The molecule has 0 atom stereocenters. The van der Waals surface area contributed by atoms with Gasteiger partial charge in [-0.05, 0) is 25.5 Å². The van der Waals surface area contributed by atoms with Gasteiger partial charge in [-0.3, -0.25) is 9.59 Å². The van der Waals surface area contributed by atoms with E-state index in [1.54, 1.807) is 43.2 Å². The number of rotatable bonds is 10. The molecule has 0 unspecified atom stereocenters. The minimum atomic E-state index is -0.296. The molecule has 0 N–H and O–H groups in total. The van der Waals surface area contributed by atoms with Crippen molar-refractivity contribution in [2.24, 2.45) is 0 Å². The van der Waals surface area contributed by atoms with Crippen LogP contribution in [0.15, 0.2) is 24.3 Å². The summed E-state index contributed by atoms with van der Waals surface area (Å²) in [6.07, 6.45) is 1.01. The monoisotopic (exact) mass is 323 g/mol. The van der Waals surface area contributed by atoms with Gasteiger partial charge < -0.3 is 19.1 Å². The van der Waals surface area contributed by atoms with E-state index >= 15 is 0 Å². The normalized spacial score (nSPS) is 10.0. The maximum Gasteiger partial charge on any atom is 0.307 e. The number of hydrogen-bond donors (Lipinski definition) is 0. The molecule has 0 saturated carbocycles. The quantitative estimate of drug-likeness (QED) is 0.618. The van der Waals surface area contributed by atoms with Gasteiger partial charge in [-0.25, -0.2) is 0 Å². The van der Waals surface area contributed by atoms with E-state index in [1.165, 1.54) is 0 Å². The maximum atomic E-state index is 12.2. The van der Waals surface area contributed by atoms with E-state index in [9.17, 15) is 9.59 Å². The Balaban J connectivity index is 2.51. The van der Waals surface area contributed by atoms with Crippen LogP contribution in [0, 0.1) is 0 Å². The Kier molecular flexibility index (Phi) is 8.57. The standard InChI is InChI=1S/C17H25NO5/c1-4-10-18(11-9-17(20)22-5-2)16(19)13-23-15-8-6-7-14(12-15)21-3/h6-8,12H,4-5,9-11,13H2,1-3H3. The van der Waals surface area contributed by atoms with Gasteiger partial charge in [0.25, 0.3) is 5.91 Å². The van der Waals surface area contributed by atoms with E-state index in [2.05, 4.69) is 0 Å². The third kappa shape index (κ3) is 7.04. The number of benzene rings is 1. The van der Waals surface area contributed by atoms with E-state index in [0.29, 0.717) is 31.2 Å². The number of methoxy groups -OCH3 is 1. The summed E-state index contributed by atoms with van der Waals surface area (Å²) in [5, 5.41) is 0. The highest BCUT2D eigenvalue weighted by atomic mass is 16.5. The van der Waals surface area contributed by atoms with Gasteiger partial charge in [0.15, 0.2) is 6.61 Å². The molecule has 6 heteroatoms. The van der Waals surface area contributed by atoms with Crippen molar-refractivity contribution in [1.82, 2.24) is 4.90 Å². The van der Waals surface area contributed by atoms with Gasteiger partial charge in [-0.15, -0.1) is 0 Å². The SMILES string of the molecule is CCCN(CCC(=O)OCC)C(=O)COc1cccc(OC)c1. The van der Waals surface area contributed by atoms with Crippen LogP contribution in [0.1, 0.15) is 26.7 Å². The zero-order valence-electron chi connectivity index (χ0n) is 14.0. The lowest BCUT2D eigenvalue weighted by atomic mass is 10.3. The van der Waals surface area contributed by atoms with Crippen molar-refractivity contribution < 1.29 is 23.8 Å². The molecule has 23 heavy (non-hydrogen) atoms. The van der Waals surface area contributed by atoms with Crippen LogP contribution in [0.3, 0.4) is 0 Å². The molecule has 128 valence electrons. The summed E-state index contributed by atoms with van der Waals surface area (Å²) in [4.78, 5) is 25.3. The van der Waals surface area contributed by atoms with Crippen LogP contribution in [0.5, 0.6) is 11.5 Å². The van der Waals surface area contributed by atoms with Gasteiger partial charge in [0.1, 0.15) is 11.5 Å². The summed E-state index contributed by atoms with van der Waals surface area (Å²) in [5.41, 5.74) is 0. The number of esters is 1. The molecule has 0 saturated heterocycles. The predicted octanol–water partition coefficient (Wildman–Crippen LogP) is 2.27. The Labute approximate surface area is 137 Å². The lowest BCUT2D eigenvalue weighted by Crippen LogP contribution is -2.37. The Morgan fingerprint density at radius 3 is 2.52 bits per heavy atom. The van der Waals surface area contributed by atoms with E-state index < -0.39 is 0 Å². The largest absolute Gasteiger partial charge is 0.497 e. The van der Waals surface area contributed by atoms with Crippen LogP contribution in [-0.4, -0.2) is 50.2 Å². The number of carbonyl (C=O) groups excluding carboxylic acids is 2. The molecule has 0 aliphatic heterocycles. The second-order valence-electron chi connectivity index (χ2n) is 4.90. The molecule has 0 aromatic heterocycles. The van der Waals surface area contributed by atoms with Crippen molar-refractivity contribution in [3.63, 3.8) is 0 Å². The van der Waals surface area contributed by atoms with Crippen LogP contribution in [0.25, 0.3) is 0 Å². The molecule has 0 fully saturated rings. The first kappa shape index (κ1) is 18.8. The van der Waals surface area contributed by atoms with Crippen LogP contribution >= 0.6 is 0 Å². The van der Waals surface area contributed by atoms with Crippen LogP contribution in [0.4, 0.5) is 0 Å². The van der Waals surface area contributed by atoms with Crippen LogP contribution in [0.2, 0.25) is 0 Å². The van der Waals surface area contributed by atoms with Gasteiger partial charge in [-0.2, -0.15) is 0 Å². The fourth-order valence-corrected chi connectivity index (χ4v) is 2.02. The molecule has 0 heterocycles. The summed E-state index contributed by atoms with van der Waals surface area (Å²) in [6, 6.07) is 7.08. The average Bonchev–Trinajstić information content (AvgIpc) is 2.57. The van der Waals surface area contributed by atoms with Gasteiger partial charge in [0.2, 0.25) is 0 Å². The number of hydrogen-bond acceptors (Lipinski definition) is 5. The first-order chi connectivity index (χ1) is 11.1. The first-order valence-electron chi connectivity index (χ1n) is 7.80. The third-order valence-corrected chi connectivity index (χ3v) is 3.14. The van der Waals surface area contributed by atoms with E-state index in [4.69, 9.17) is 14.2 Å². The lowest BCUT2D eigenvalue weighted by Gasteiger charge is -2.21. The van der Waals surface area contributed by atoms with Gasteiger partial charge in [0.05, 0.1) is 20.1 Å². The topological polar surface area (TPSA) is 65.1 Å². The molecule has 6 nitrogen and oxygen atoms in total. The van der Waals surface area contributed by atoms with Crippen molar-refractivity contribution in [3.05, 3.63) is 24.3 Å². The highest BCUT2D eigenvalue weighted by Gasteiger charge is 2.15. The number of carbonyl (C=O) groups is 2. The van der Waals surface area contributed by atoms with Crippen molar-refractivity contribution in [1.29, 1.82) is 0 Å². The zero-order chi connectivity index (χ0) is 17.1. The van der Waals surface area contributed by atoms with E-state index in [1.807, 2.05) is 6.92 Å². The van der Waals surface area contributed by atoms with Gasteiger partial charge in [0, 0.05) is 19.2 Å². The molecule has 0 spiro atoms. The van der Waals surface area contributed by atoms with E-state index in [-0.39, 0.29) is 24.9 Å².